The Hall–Kier alpha value is -1.66. The number of fused-ring (bicyclic) bond motifs is 1. The van der Waals surface area contributed by atoms with Crippen molar-refractivity contribution in [1.29, 1.82) is 0 Å². The van der Waals surface area contributed by atoms with E-state index in [4.69, 9.17) is 9.47 Å². The number of rotatable bonds is 5. The summed E-state index contributed by atoms with van der Waals surface area (Å²) in [5.74, 6) is 0.917. The van der Waals surface area contributed by atoms with E-state index in [1.807, 2.05) is 22.8 Å². The molecule has 1 heterocycles. The van der Waals surface area contributed by atoms with Crippen LogP contribution in [0.15, 0.2) is 23.2 Å². The van der Waals surface area contributed by atoms with Gasteiger partial charge in [0.25, 0.3) is 5.91 Å². The summed E-state index contributed by atoms with van der Waals surface area (Å²) in [6.07, 6.45) is 1.93. The predicted octanol–water partition coefficient (Wildman–Crippen LogP) is 2.20. The van der Waals surface area contributed by atoms with Crippen LogP contribution in [0, 0.1) is 5.92 Å². The van der Waals surface area contributed by atoms with Crippen LogP contribution < -0.4 is 9.54 Å². The van der Waals surface area contributed by atoms with Crippen LogP contribution in [0.4, 0.5) is 0 Å². The van der Waals surface area contributed by atoms with E-state index in [1.54, 1.807) is 14.2 Å². The molecule has 2 aromatic rings. The molecule has 1 saturated carbocycles. The molecule has 1 amide bonds. The molecule has 0 spiro atoms. The van der Waals surface area contributed by atoms with E-state index in [0.717, 1.165) is 33.6 Å². The van der Waals surface area contributed by atoms with Crippen LogP contribution >= 0.6 is 11.3 Å². The highest BCUT2D eigenvalue weighted by atomic mass is 32.1. The van der Waals surface area contributed by atoms with Gasteiger partial charge >= 0.3 is 0 Å². The second-order valence-electron chi connectivity index (χ2n) is 5.06. The van der Waals surface area contributed by atoms with E-state index in [0.29, 0.717) is 13.2 Å². The SMILES string of the molecule is COCCn1c(=NC(=O)C2CC2)sc2cccc(OC)c21. The molecule has 5 nitrogen and oxygen atoms in total. The van der Waals surface area contributed by atoms with Crippen LogP contribution in [0.1, 0.15) is 12.8 Å². The Kier molecular flexibility index (Phi) is 4.07. The fraction of sp³-hybridized carbons (Fsp3) is 0.467. The summed E-state index contributed by atoms with van der Waals surface area (Å²) >= 11 is 1.52. The lowest BCUT2D eigenvalue weighted by atomic mass is 10.3. The predicted molar refractivity (Wildman–Crippen MR) is 81.5 cm³/mol. The lowest BCUT2D eigenvalue weighted by Gasteiger charge is -2.07. The maximum atomic E-state index is 12.0. The number of nitrogens with zero attached hydrogens (tertiary/aromatic N) is 2. The molecule has 0 atom stereocenters. The number of amides is 1. The Morgan fingerprint density at radius 2 is 2.24 bits per heavy atom. The quantitative estimate of drug-likeness (QED) is 0.851. The van der Waals surface area contributed by atoms with Crippen molar-refractivity contribution in [2.75, 3.05) is 20.8 Å². The molecule has 1 aliphatic carbocycles. The molecule has 1 aliphatic rings. The molecule has 0 unspecified atom stereocenters. The summed E-state index contributed by atoms with van der Waals surface area (Å²) in [5.41, 5.74) is 0.976. The molecular formula is C15H18N2O3S. The van der Waals surface area contributed by atoms with Crippen molar-refractivity contribution in [2.24, 2.45) is 10.9 Å². The minimum Gasteiger partial charge on any atom is -0.495 e. The van der Waals surface area contributed by atoms with E-state index in [9.17, 15) is 4.79 Å². The molecule has 0 aliphatic heterocycles. The molecule has 0 saturated heterocycles. The number of para-hydroxylation sites is 1. The molecule has 1 aromatic carbocycles. The number of carbonyl (C=O) groups excluding carboxylic acids is 1. The van der Waals surface area contributed by atoms with Crippen molar-refractivity contribution in [3.8, 4) is 5.75 Å². The number of thiazole rings is 1. The van der Waals surface area contributed by atoms with Crippen LogP contribution in [-0.2, 0) is 16.1 Å². The van der Waals surface area contributed by atoms with Crippen molar-refractivity contribution in [1.82, 2.24) is 4.57 Å². The summed E-state index contributed by atoms with van der Waals surface area (Å²) in [7, 11) is 3.32. The van der Waals surface area contributed by atoms with E-state index >= 15 is 0 Å². The molecule has 21 heavy (non-hydrogen) atoms. The zero-order chi connectivity index (χ0) is 14.8. The molecule has 0 bridgehead atoms. The molecule has 3 rings (SSSR count). The summed E-state index contributed by atoms with van der Waals surface area (Å²) in [6, 6.07) is 5.89. The number of benzene rings is 1. The van der Waals surface area contributed by atoms with Gasteiger partial charge in [0, 0.05) is 19.6 Å². The van der Waals surface area contributed by atoms with Gasteiger partial charge in [-0.05, 0) is 25.0 Å². The Morgan fingerprint density at radius 1 is 1.43 bits per heavy atom. The van der Waals surface area contributed by atoms with Gasteiger partial charge in [0.15, 0.2) is 4.80 Å². The largest absolute Gasteiger partial charge is 0.495 e. The van der Waals surface area contributed by atoms with Crippen molar-refractivity contribution in [3.05, 3.63) is 23.0 Å². The third-order valence-electron chi connectivity index (χ3n) is 3.54. The number of methoxy groups -OCH3 is 2. The van der Waals surface area contributed by atoms with Crippen molar-refractivity contribution in [2.45, 2.75) is 19.4 Å². The average Bonchev–Trinajstić information content (AvgIpc) is 3.28. The van der Waals surface area contributed by atoms with Crippen molar-refractivity contribution >= 4 is 27.5 Å². The zero-order valence-electron chi connectivity index (χ0n) is 12.2. The van der Waals surface area contributed by atoms with Crippen LogP contribution in [-0.4, -0.2) is 31.3 Å². The van der Waals surface area contributed by atoms with Gasteiger partial charge in [-0.15, -0.1) is 0 Å². The van der Waals surface area contributed by atoms with Gasteiger partial charge in [-0.2, -0.15) is 4.99 Å². The molecule has 0 N–H and O–H groups in total. The van der Waals surface area contributed by atoms with E-state index in [1.165, 1.54) is 11.3 Å². The minimum atomic E-state index is -0.00769. The topological polar surface area (TPSA) is 52.8 Å². The maximum Gasteiger partial charge on any atom is 0.251 e. The van der Waals surface area contributed by atoms with Gasteiger partial charge in [0.1, 0.15) is 11.3 Å². The standard InChI is InChI=1S/C15H18N2O3S/c1-19-9-8-17-13-11(20-2)4-3-5-12(13)21-15(17)16-14(18)10-6-7-10/h3-5,10H,6-9H2,1-2H3. The Morgan fingerprint density at radius 3 is 2.90 bits per heavy atom. The first-order valence-corrected chi connectivity index (χ1v) is 7.80. The molecule has 1 aromatic heterocycles. The lowest BCUT2D eigenvalue weighted by molar-refractivity contribution is -0.119. The van der Waals surface area contributed by atoms with Gasteiger partial charge in [-0.25, -0.2) is 0 Å². The first kappa shape index (κ1) is 14.3. The number of aromatic nitrogens is 1. The third kappa shape index (κ3) is 2.87. The summed E-state index contributed by atoms with van der Waals surface area (Å²) in [6.45, 7) is 1.21. The molecule has 0 radical (unpaired) electrons. The first-order chi connectivity index (χ1) is 10.2. The van der Waals surface area contributed by atoms with Crippen LogP contribution in [0.2, 0.25) is 0 Å². The molecule has 6 heteroatoms. The van der Waals surface area contributed by atoms with Gasteiger partial charge in [0.05, 0.1) is 18.4 Å². The monoisotopic (exact) mass is 306 g/mol. The first-order valence-electron chi connectivity index (χ1n) is 6.98. The van der Waals surface area contributed by atoms with Crippen molar-refractivity contribution < 1.29 is 14.3 Å². The Balaban J connectivity index is 2.15. The van der Waals surface area contributed by atoms with Gasteiger partial charge in [0.2, 0.25) is 0 Å². The van der Waals surface area contributed by atoms with Gasteiger partial charge in [-0.1, -0.05) is 17.4 Å². The maximum absolute atomic E-state index is 12.0. The number of carbonyl (C=O) groups is 1. The second-order valence-corrected chi connectivity index (χ2v) is 6.07. The van der Waals surface area contributed by atoms with Gasteiger partial charge < -0.3 is 14.0 Å². The second kappa shape index (κ2) is 5.99. The highest BCUT2D eigenvalue weighted by Gasteiger charge is 2.29. The van der Waals surface area contributed by atoms with Crippen LogP contribution in [0.25, 0.3) is 10.2 Å². The van der Waals surface area contributed by atoms with E-state index < -0.39 is 0 Å². The number of ether oxygens (including phenoxy) is 2. The zero-order valence-corrected chi connectivity index (χ0v) is 13.0. The number of hydrogen-bond donors (Lipinski definition) is 0. The molecule has 1 fully saturated rings. The summed E-state index contributed by atoms with van der Waals surface area (Å²) in [5, 5.41) is 0. The smallest absolute Gasteiger partial charge is 0.251 e. The Bertz CT molecular complexity index is 728. The minimum absolute atomic E-state index is 0.00769. The molecule has 112 valence electrons. The Labute approximate surface area is 126 Å². The van der Waals surface area contributed by atoms with Crippen LogP contribution in [0.5, 0.6) is 5.75 Å². The average molecular weight is 306 g/mol. The summed E-state index contributed by atoms with van der Waals surface area (Å²) in [4.78, 5) is 17.0. The normalized spacial score (nSPS) is 15.6. The van der Waals surface area contributed by atoms with E-state index in [2.05, 4.69) is 4.99 Å². The summed E-state index contributed by atoms with van der Waals surface area (Å²) < 4.78 is 13.7. The van der Waals surface area contributed by atoms with E-state index in [-0.39, 0.29) is 11.8 Å². The van der Waals surface area contributed by atoms with Crippen molar-refractivity contribution in [3.63, 3.8) is 0 Å². The molecular weight excluding hydrogens is 288 g/mol. The highest BCUT2D eigenvalue weighted by Crippen LogP contribution is 2.31. The fourth-order valence-corrected chi connectivity index (χ4v) is 3.33. The van der Waals surface area contributed by atoms with Gasteiger partial charge in [-0.3, -0.25) is 4.79 Å². The third-order valence-corrected chi connectivity index (χ3v) is 4.58. The highest BCUT2D eigenvalue weighted by molar-refractivity contribution is 7.16. The lowest BCUT2D eigenvalue weighted by Crippen LogP contribution is -2.20. The number of hydrogen-bond acceptors (Lipinski definition) is 4. The van der Waals surface area contributed by atoms with Crippen LogP contribution in [0.3, 0.4) is 0 Å². The fourth-order valence-electron chi connectivity index (χ4n) is 2.25.